The summed E-state index contributed by atoms with van der Waals surface area (Å²) in [6, 6.07) is 25.5. The summed E-state index contributed by atoms with van der Waals surface area (Å²) in [7, 11) is 0. The molecule has 2 bridgehead atoms. The van der Waals surface area contributed by atoms with E-state index in [2.05, 4.69) is 12.1 Å². The van der Waals surface area contributed by atoms with Gasteiger partial charge in [0.05, 0.1) is 0 Å². The zero-order chi connectivity index (χ0) is 26.0. The molecule has 6 heteroatoms. The van der Waals surface area contributed by atoms with Gasteiger partial charge in [0.25, 0.3) is 0 Å². The van der Waals surface area contributed by atoms with E-state index in [0.717, 1.165) is 36.8 Å². The number of fused-ring (bicyclic) bond motifs is 1. The highest BCUT2D eigenvalue weighted by molar-refractivity contribution is 5.69. The summed E-state index contributed by atoms with van der Waals surface area (Å²) in [5.41, 5.74) is 4.43. The lowest BCUT2D eigenvalue weighted by molar-refractivity contribution is -0.0137. The van der Waals surface area contributed by atoms with Crippen LogP contribution in [0.4, 0.5) is 9.59 Å². The molecule has 2 fully saturated rings. The normalized spacial score (nSPS) is 23.5. The molecule has 3 aromatic carbocycles. The lowest BCUT2D eigenvalue weighted by Crippen LogP contribution is -2.62. The fourth-order valence-electron chi connectivity index (χ4n) is 6.92. The maximum absolute atomic E-state index is 13.2. The molecule has 1 saturated heterocycles. The van der Waals surface area contributed by atoms with Crippen molar-refractivity contribution in [2.75, 3.05) is 6.54 Å². The Labute approximate surface area is 223 Å². The van der Waals surface area contributed by atoms with E-state index in [4.69, 9.17) is 14.2 Å². The molecule has 0 spiro atoms. The summed E-state index contributed by atoms with van der Waals surface area (Å²) in [6.07, 6.45) is 5.30. The highest BCUT2D eigenvalue weighted by atomic mass is 16.7. The number of rotatable bonds is 5. The minimum absolute atomic E-state index is 0.0000232. The molecule has 0 N–H and O–H groups in total. The predicted octanol–water partition coefficient (Wildman–Crippen LogP) is 6.80. The van der Waals surface area contributed by atoms with E-state index in [1.807, 2.05) is 71.6 Å². The fourth-order valence-corrected chi connectivity index (χ4v) is 6.92. The van der Waals surface area contributed by atoms with Gasteiger partial charge in [-0.1, -0.05) is 79.6 Å². The molecule has 2 aliphatic carbocycles. The molecular formula is C32H33NO5. The number of benzene rings is 3. The van der Waals surface area contributed by atoms with Crippen molar-refractivity contribution >= 4 is 12.2 Å². The number of likely N-dealkylation sites (tertiary alicyclic amines) is 1. The van der Waals surface area contributed by atoms with Gasteiger partial charge in [-0.05, 0) is 66.0 Å². The molecule has 1 amide bonds. The van der Waals surface area contributed by atoms with Crippen LogP contribution in [-0.2, 0) is 34.5 Å². The van der Waals surface area contributed by atoms with E-state index in [-0.39, 0.29) is 30.8 Å². The van der Waals surface area contributed by atoms with Crippen LogP contribution in [0.1, 0.15) is 54.4 Å². The largest absolute Gasteiger partial charge is 0.514 e. The molecule has 1 aliphatic heterocycles. The van der Waals surface area contributed by atoms with E-state index >= 15 is 0 Å². The Morgan fingerprint density at radius 3 is 2.29 bits per heavy atom. The van der Waals surface area contributed by atoms with Gasteiger partial charge in [-0.25, -0.2) is 9.59 Å². The molecule has 0 aromatic heterocycles. The number of carbonyl (C=O) groups is 2. The zero-order valence-electron chi connectivity index (χ0n) is 21.5. The first-order valence-corrected chi connectivity index (χ1v) is 13.6. The third-order valence-corrected chi connectivity index (χ3v) is 8.65. The second-order valence-corrected chi connectivity index (χ2v) is 10.7. The van der Waals surface area contributed by atoms with Crippen molar-refractivity contribution in [3.8, 4) is 5.75 Å². The van der Waals surface area contributed by atoms with Crippen molar-refractivity contribution in [3.05, 3.63) is 101 Å². The highest BCUT2D eigenvalue weighted by Gasteiger charge is 2.55. The SMILES string of the molecule is O=C(OCc1ccccc1)Oc1ccc2c(c1)C13CCCCC1C(C2)N(C(=O)OCc1ccccc1)CC3. The maximum Gasteiger partial charge on any atom is 0.514 e. The van der Waals surface area contributed by atoms with Gasteiger partial charge in [0.1, 0.15) is 19.0 Å². The van der Waals surface area contributed by atoms with Crippen LogP contribution < -0.4 is 4.74 Å². The van der Waals surface area contributed by atoms with Crippen molar-refractivity contribution in [2.24, 2.45) is 5.92 Å². The second-order valence-electron chi connectivity index (χ2n) is 10.7. The topological polar surface area (TPSA) is 65.1 Å². The summed E-state index contributed by atoms with van der Waals surface area (Å²) in [6.45, 7) is 1.14. The molecule has 1 heterocycles. The first kappa shape index (κ1) is 24.5. The molecular weight excluding hydrogens is 478 g/mol. The minimum Gasteiger partial charge on any atom is -0.445 e. The van der Waals surface area contributed by atoms with Crippen molar-refractivity contribution < 1.29 is 23.8 Å². The summed E-state index contributed by atoms with van der Waals surface area (Å²) >= 11 is 0. The number of hydrogen-bond acceptors (Lipinski definition) is 5. The Morgan fingerprint density at radius 2 is 1.55 bits per heavy atom. The molecule has 196 valence electrons. The Kier molecular flexibility index (Phi) is 6.79. The second kappa shape index (κ2) is 10.5. The van der Waals surface area contributed by atoms with E-state index in [9.17, 15) is 9.59 Å². The predicted molar refractivity (Wildman–Crippen MR) is 143 cm³/mol. The van der Waals surface area contributed by atoms with Gasteiger partial charge in [-0.3, -0.25) is 0 Å². The number of ether oxygens (including phenoxy) is 3. The summed E-state index contributed by atoms with van der Waals surface area (Å²) < 4.78 is 16.7. The quantitative estimate of drug-likeness (QED) is 0.279. The van der Waals surface area contributed by atoms with Gasteiger partial charge in [0.2, 0.25) is 0 Å². The van der Waals surface area contributed by atoms with Gasteiger partial charge >= 0.3 is 12.2 Å². The number of piperidine rings is 1. The Hall–Kier alpha value is -3.80. The van der Waals surface area contributed by atoms with Crippen LogP contribution >= 0.6 is 0 Å². The lowest BCUT2D eigenvalue weighted by Gasteiger charge is -2.58. The molecule has 3 aliphatic rings. The van der Waals surface area contributed by atoms with Crippen molar-refractivity contribution in [1.29, 1.82) is 0 Å². The average Bonchev–Trinajstić information content (AvgIpc) is 2.96. The minimum atomic E-state index is -0.698. The first-order chi connectivity index (χ1) is 18.6. The molecule has 6 rings (SSSR count). The van der Waals surface area contributed by atoms with E-state index in [0.29, 0.717) is 18.2 Å². The fraction of sp³-hybridized carbons (Fsp3) is 0.375. The van der Waals surface area contributed by atoms with E-state index < -0.39 is 6.16 Å². The van der Waals surface area contributed by atoms with E-state index in [1.54, 1.807) is 0 Å². The summed E-state index contributed by atoms with van der Waals surface area (Å²) in [4.78, 5) is 27.6. The highest BCUT2D eigenvalue weighted by Crippen LogP contribution is 2.56. The van der Waals surface area contributed by atoms with Gasteiger partial charge in [0, 0.05) is 18.0 Å². The molecule has 0 radical (unpaired) electrons. The van der Waals surface area contributed by atoms with Crippen molar-refractivity contribution in [3.63, 3.8) is 0 Å². The third kappa shape index (κ3) is 4.75. The van der Waals surface area contributed by atoms with Crippen LogP contribution in [0.3, 0.4) is 0 Å². The third-order valence-electron chi connectivity index (χ3n) is 8.65. The Bertz CT molecular complexity index is 1290. The van der Waals surface area contributed by atoms with Crippen LogP contribution in [0, 0.1) is 5.92 Å². The maximum atomic E-state index is 13.2. The van der Waals surface area contributed by atoms with Crippen molar-refractivity contribution in [1.82, 2.24) is 4.90 Å². The summed E-state index contributed by atoms with van der Waals surface area (Å²) in [5, 5.41) is 0. The van der Waals surface area contributed by atoms with Crippen LogP contribution in [0.15, 0.2) is 78.9 Å². The first-order valence-electron chi connectivity index (χ1n) is 13.6. The van der Waals surface area contributed by atoms with Crippen LogP contribution in [0.5, 0.6) is 5.75 Å². The molecule has 3 unspecified atom stereocenters. The molecule has 3 aromatic rings. The smallest absolute Gasteiger partial charge is 0.445 e. The Balaban J connectivity index is 1.18. The molecule has 38 heavy (non-hydrogen) atoms. The van der Waals surface area contributed by atoms with Gasteiger partial charge in [-0.2, -0.15) is 0 Å². The molecule has 3 atom stereocenters. The van der Waals surface area contributed by atoms with Crippen LogP contribution in [-0.4, -0.2) is 29.7 Å². The molecule has 1 saturated carbocycles. The van der Waals surface area contributed by atoms with Gasteiger partial charge < -0.3 is 19.1 Å². The van der Waals surface area contributed by atoms with E-state index in [1.165, 1.54) is 24.0 Å². The molecule has 6 nitrogen and oxygen atoms in total. The number of amides is 1. The Morgan fingerprint density at radius 1 is 0.842 bits per heavy atom. The standard InChI is InChI=1S/C32H33NO5/c34-30(36-21-23-9-3-1-4-10-23)33-18-17-32-16-8-7-13-27(32)29(33)19-25-14-15-26(20-28(25)32)38-31(35)37-22-24-11-5-2-6-12-24/h1-6,9-12,14-15,20,27,29H,7-8,13,16-19,21-22H2. The number of carbonyl (C=O) groups excluding carboxylic acids is 2. The van der Waals surface area contributed by atoms with Crippen LogP contribution in [0.25, 0.3) is 0 Å². The van der Waals surface area contributed by atoms with Gasteiger partial charge in [-0.15, -0.1) is 0 Å². The monoisotopic (exact) mass is 511 g/mol. The van der Waals surface area contributed by atoms with Gasteiger partial charge in [0.15, 0.2) is 0 Å². The number of nitrogens with zero attached hydrogens (tertiary/aromatic N) is 1. The van der Waals surface area contributed by atoms with Crippen LogP contribution in [0.2, 0.25) is 0 Å². The zero-order valence-corrected chi connectivity index (χ0v) is 21.5. The summed E-state index contributed by atoms with van der Waals surface area (Å²) in [5.74, 6) is 0.894. The van der Waals surface area contributed by atoms with Crippen molar-refractivity contribution in [2.45, 2.75) is 63.2 Å². The lowest BCUT2D eigenvalue weighted by atomic mass is 9.52. The number of hydrogen-bond donors (Lipinski definition) is 0. The average molecular weight is 512 g/mol.